The minimum absolute atomic E-state index is 0.684. The van der Waals surface area contributed by atoms with Gasteiger partial charge in [-0.05, 0) is 36.8 Å². The zero-order valence-electron chi connectivity index (χ0n) is 19.2. The number of aryl methyl sites for hydroxylation is 2. The largest absolute Gasteiger partial charge is 0.236 e. The van der Waals surface area contributed by atoms with E-state index in [4.69, 9.17) is 0 Å². The van der Waals surface area contributed by atoms with Crippen LogP contribution in [0.15, 0.2) is 49.1 Å². The van der Waals surface area contributed by atoms with Gasteiger partial charge in [0.2, 0.25) is 0 Å². The Labute approximate surface area is 187 Å². The molecular weight excluding hydrogens is 380 g/mol. The summed E-state index contributed by atoms with van der Waals surface area (Å²) in [6.45, 7) is 4.49. The van der Waals surface area contributed by atoms with Gasteiger partial charge in [-0.3, -0.25) is 0 Å². The van der Waals surface area contributed by atoms with E-state index >= 15 is 0 Å². The van der Waals surface area contributed by atoms with Crippen LogP contribution in [-0.2, 0) is 12.8 Å². The molecule has 2 aromatic heterocycles. The summed E-state index contributed by atoms with van der Waals surface area (Å²) in [4.78, 5) is 18.2. The smallest absolute Gasteiger partial charge is 0.162 e. The molecule has 0 spiro atoms. The average molecular weight is 417 g/mol. The predicted octanol–water partition coefficient (Wildman–Crippen LogP) is 7.24. The second kappa shape index (κ2) is 12.9. The van der Waals surface area contributed by atoms with Crippen LogP contribution >= 0.6 is 0 Å². The second-order valence-corrected chi connectivity index (χ2v) is 8.38. The minimum atomic E-state index is 0.684. The van der Waals surface area contributed by atoms with Crippen molar-refractivity contribution in [3.05, 3.63) is 60.2 Å². The van der Waals surface area contributed by atoms with Crippen LogP contribution in [0.5, 0.6) is 0 Å². The van der Waals surface area contributed by atoms with Crippen molar-refractivity contribution < 1.29 is 0 Å². The lowest BCUT2D eigenvalue weighted by molar-refractivity contribution is 0.631. The van der Waals surface area contributed by atoms with E-state index in [2.05, 4.69) is 58.0 Å². The first kappa shape index (κ1) is 23.1. The SMILES string of the molecule is CCCCCCCc1cnc(-c2cnc(-c3ccc(CCCCCC)cc3)nc2)nc1. The number of nitrogens with zero attached hydrogens (tertiary/aromatic N) is 4. The first-order valence-corrected chi connectivity index (χ1v) is 12.0. The molecule has 1 aromatic carbocycles. The Bertz CT molecular complexity index is 871. The van der Waals surface area contributed by atoms with E-state index in [1.165, 1.54) is 68.9 Å². The van der Waals surface area contributed by atoms with Crippen molar-refractivity contribution in [1.29, 1.82) is 0 Å². The maximum atomic E-state index is 4.55. The lowest BCUT2D eigenvalue weighted by atomic mass is 10.0. The molecule has 3 aromatic rings. The van der Waals surface area contributed by atoms with E-state index in [1.807, 2.05) is 24.8 Å². The Kier molecular flexibility index (Phi) is 9.62. The topological polar surface area (TPSA) is 51.6 Å². The van der Waals surface area contributed by atoms with Gasteiger partial charge < -0.3 is 0 Å². The molecule has 0 aliphatic heterocycles. The van der Waals surface area contributed by atoms with Gasteiger partial charge in [0.05, 0.1) is 5.56 Å². The van der Waals surface area contributed by atoms with Gasteiger partial charge in [0, 0.05) is 30.4 Å². The van der Waals surface area contributed by atoms with Crippen LogP contribution in [0, 0.1) is 0 Å². The monoisotopic (exact) mass is 416 g/mol. The van der Waals surface area contributed by atoms with Gasteiger partial charge in [0.15, 0.2) is 11.6 Å². The quantitative estimate of drug-likeness (QED) is 0.276. The lowest BCUT2D eigenvalue weighted by Gasteiger charge is -2.05. The van der Waals surface area contributed by atoms with Gasteiger partial charge >= 0.3 is 0 Å². The molecule has 0 N–H and O–H groups in total. The summed E-state index contributed by atoms with van der Waals surface area (Å²) >= 11 is 0. The summed E-state index contributed by atoms with van der Waals surface area (Å²) in [6, 6.07) is 8.64. The van der Waals surface area contributed by atoms with E-state index in [0.717, 1.165) is 29.8 Å². The summed E-state index contributed by atoms with van der Waals surface area (Å²) in [5.74, 6) is 1.42. The molecule has 0 aliphatic rings. The van der Waals surface area contributed by atoms with Gasteiger partial charge in [0.25, 0.3) is 0 Å². The van der Waals surface area contributed by atoms with Crippen molar-refractivity contribution in [1.82, 2.24) is 19.9 Å². The van der Waals surface area contributed by atoms with Gasteiger partial charge in [-0.1, -0.05) is 83.1 Å². The van der Waals surface area contributed by atoms with E-state index in [9.17, 15) is 0 Å². The summed E-state index contributed by atoms with van der Waals surface area (Å²) < 4.78 is 0. The molecule has 0 unspecified atom stereocenters. The van der Waals surface area contributed by atoms with E-state index in [-0.39, 0.29) is 0 Å². The molecule has 0 amide bonds. The van der Waals surface area contributed by atoms with Crippen molar-refractivity contribution in [2.45, 2.75) is 84.5 Å². The first-order valence-electron chi connectivity index (χ1n) is 12.0. The van der Waals surface area contributed by atoms with Crippen molar-refractivity contribution >= 4 is 0 Å². The molecule has 0 atom stereocenters. The fourth-order valence-electron chi connectivity index (χ4n) is 3.73. The van der Waals surface area contributed by atoms with Crippen LogP contribution in [-0.4, -0.2) is 19.9 Å². The molecule has 4 heteroatoms. The Balaban J connectivity index is 1.53. The van der Waals surface area contributed by atoms with Crippen molar-refractivity contribution in [2.75, 3.05) is 0 Å². The molecule has 0 fully saturated rings. The van der Waals surface area contributed by atoms with E-state index < -0.39 is 0 Å². The molecule has 4 nitrogen and oxygen atoms in total. The number of rotatable bonds is 13. The highest BCUT2D eigenvalue weighted by Crippen LogP contribution is 2.19. The van der Waals surface area contributed by atoms with Crippen molar-refractivity contribution in [2.24, 2.45) is 0 Å². The first-order chi connectivity index (χ1) is 15.3. The van der Waals surface area contributed by atoms with Gasteiger partial charge in [0.1, 0.15) is 0 Å². The third-order valence-corrected chi connectivity index (χ3v) is 5.72. The standard InChI is InChI=1S/C27H36N4/c1-3-5-7-9-11-13-23-18-28-27(29-19-23)25-20-30-26(31-21-25)24-16-14-22(15-17-24)12-10-8-6-4-2/h14-21H,3-13H2,1-2H3. The van der Waals surface area contributed by atoms with Crippen LogP contribution in [0.2, 0.25) is 0 Å². The molecule has 3 rings (SSSR count). The number of hydrogen-bond acceptors (Lipinski definition) is 4. The van der Waals surface area contributed by atoms with Gasteiger partial charge in [-0.25, -0.2) is 19.9 Å². The lowest BCUT2D eigenvalue weighted by Crippen LogP contribution is -1.96. The average Bonchev–Trinajstić information content (AvgIpc) is 2.83. The molecule has 0 bridgehead atoms. The van der Waals surface area contributed by atoms with Crippen LogP contribution in [0.3, 0.4) is 0 Å². The Morgan fingerprint density at radius 2 is 0.968 bits per heavy atom. The molecule has 31 heavy (non-hydrogen) atoms. The van der Waals surface area contributed by atoms with Crippen molar-refractivity contribution in [3.63, 3.8) is 0 Å². The maximum Gasteiger partial charge on any atom is 0.162 e. The second-order valence-electron chi connectivity index (χ2n) is 8.38. The highest BCUT2D eigenvalue weighted by atomic mass is 14.9. The zero-order chi connectivity index (χ0) is 21.7. The Hall–Kier alpha value is -2.62. The number of aromatic nitrogens is 4. The summed E-state index contributed by atoms with van der Waals surface area (Å²) in [5, 5.41) is 0. The highest BCUT2D eigenvalue weighted by Gasteiger charge is 2.06. The normalized spacial score (nSPS) is 11.0. The van der Waals surface area contributed by atoms with Gasteiger partial charge in [-0.2, -0.15) is 0 Å². The molecule has 2 heterocycles. The van der Waals surface area contributed by atoms with Crippen molar-refractivity contribution in [3.8, 4) is 22.8 Å². The number of benzene rings is 1. The van der Waals surface area contributed by atoms with E-state index in [1.54, 1.807) is 0 Å². The molecule has 0 aliphatic carbocycles. The van der Waals surface area contributed by atoms with Crippen LogP contribution < -0.4 is 0 Å². The molecule has 0 saturated carbocycles. The Morgan fingerprint density at radius 3 is 1.58 bits per heavy atom. The van der Waals surface area contributed by atoms with Crippen LogP contribution in [0.4, 0.5) is 0 Å². The number of unbranched alkanes of at least 4 members (excludes halogenated alkanes) is 7. The Morgan fingerprint density at radius 1 is 0.484 bits per heavy atom. The van der Waals surface area contributed by atoms with E-state index in [0.29, 0.717) is 5.82 Å². The zero-order valence-corrected chi connectivity index (χ0v) is 19.2. The molecule has 0 saturated heterocycles. The number of hydrogen-bond donors (Lipinski definition) is 0. The predicted molar refractivity (Wildman–Crippen MR) is 129 cm³/mol. The van der Waals surface area contributed by atoms with Crippen LogP contribution in [0.25, 0.3) is 22.8 Å². The third kappa shape index (κ3) is 7.54. The summed E-state index contributed by atoms with van der Waals surface area (Å²) in [7, 11) is 0. The van der Waals surface area contributed by atoms with Crippen LogP contribution in [0.1, 0.15) is 82.8 Å². The fourth-order valence-corrected chi connectivity index (χ4v) is 3.73. The fraction of sp³-hybridized carbons (Fsp3) is 0.481. The molecular formula is C27H36N4. The summed E-state index contributed by atoms with van der Waals surface area (Å²) in [6.07, 6.45) is 21.3. The molecule has 0 radical (unpaired) electrons. The minimum Gasteiger partial charge on any atom is -0.236 e. The van der Waals surface area contributed by atoms with Gasteiger partial charge in [-0.15, -0.1) is 0 Å². The molecule has 164 valence electrons. The third-order valence-electron chi connectivity index (χ3n) is 5.72. The maximum absolute atomic E-state index is 4.55. The summed E-state index contributed by atoms with van der Waals surface area (Å²) in [5.41, 5.74) is 4.48. The highest BCUT2D eigenvalue weighted by molar-refractivity contribution is 5.58.